The van der Waals surface area contributed by atoms with E-state index in [1.165, 1.54) is 6.42 Å². The molecule has 0 aliphatic heterocycles. The molecule has 0 aromatic rings. The van der Waals surface area contributed by atoms with Crippen molar-refractivity contribution in [2.45, 2.75) is 33.1 Å². The first-order valence-corrected chi connectivity index (χ1v) is 3.41. The summed E-state index contributed by atoms with van der Waals surface area (Å²) in [5.74, 6) is 0. The third kappa shape index (κ3) is 152. The molecule has 0 aromatic heterocycles. The summed E-state index contributed by atoms with van der Waals surface area (Å²) in [6.45, 7) is 17.5. The molecule has 2 radical (unpaired) electrons. The second kappa shape index (κ2) is 60.7. The van der Waals surface area contributed by atoms with Crippen LogP contribution in [0.1, 0.15) is 33.1 Å². The molecule has 0 rings (SSSR count). The first-order valence-electron chi connectivity index (χ1n) is 3.41. The maximum Gasteiger partial charge on any atom is 2.00 e. The van der Waals surface area contributed by atoms with E-state index in [1.54, 1.807) is 6.92 Å². The quantitative estimate of drug-likeness (QED) is 0.638. The summed E-state index contributed by atoms with van der Waals surface area (Å²) < 4.78 is 0. The van der Waals surface area contributed by atoms with Gasteiger partial charge in [-0.1, -0.05) is 13.3 Å². The van der Waals surface area contributed by atoms with Crippen molar-refractivity contribution in [3.63, 3.8) is 0 Å². The second-order valence-electron chi connectivity index (χ2n) is 1.21. The van der Waals surface area contributed by atoms with Crippen molar-refractivity contribution >= 4 is 0 Å². The van der Waals surface area contributed by atoms with E-state index in [2.05, 4.69) is 34.6 Å². The average Bonchev–Trinajstić information content (AvgIpc) is 1.94. The molecule has 66 valence electrons. The zero-order valence-corrected chi connectivity index (χ0v) is 12.2. The molecule has 0 saturated carbocycles. The van der Waals surface area contributed by atoms with Crippen LogP contribution in [0.4, 0.5) is 0 Å². The summed E-state index contributed by atoms with van der Waals surface area (Å²) in [4.78, 5) is 0. The molecule has 0 fully saturated rings. The molecule has 2 heteroatoms. The smallest absolute Gasteiger partial charge is 0.372 e. The molecule has 0 aliphatic rings. The molecule has 0 spiro atoms. The molecule has 0 aliphatic carbocycles. The minimum Gasteiger partial charge on any atom is -0.372 e. The summed E-state index contributed by atoms with van der Waals surface area (Å²) in [5, 5.41) is 0. The van der Waals surface area contributed by atoms with Crippen LogP contribution in [0.2, 0.25) is 0 Å². The van der Waals surface area contributed by atoms with Gasteiger partial charge in [-0.2, -0.15) is 13.3 Å². The maximum atomic E-state index is 3.60. The van der Waals surface area contributed by atoms with Crippen LogP contribution in [0.3, 0.4) is 0 Å². The number of unbranched alkanes of at least 4 members (excludes halogenated alkanes) is 1. The van der Waals surface area contributed by atoms with E-state index in [-0.39, 0.29) is 51.3 Å². The Morgan fingerprint density at radius 3 is 1.09 bits per heavy atom. The third-order valence-corrected chi connectivity index (χ3v) is 0.354. The summed E-state index contributed by atoms with van der Waals surface area (Å²) >= 11 is 0. The van der Waals surface area contributed by atoms with Gasteiger partial charge in [-0.15, -0.1) is 0 Å². The van der Waals surface area contributed by atoms with Crippen LogP contribution in [0.5, 0.6) is 0 Å². The van der Waals surface area contributed by atoms with E-state index in [0.29, 0.717) is 0 Å². The molecule has 0 heterocycles. The van der Waals surface area contributed by atoms with Gasteiger partial charge >= 0.3 is 18.6 Å². The Balaban J connectivity index is -0.0000000158. The molecule has 0 unspecified atom stereocenters. The monoisotopic (exact) mass is 268 g/mol. The summed E-state index contributed by atoms with van der Waals surface area (Å²) in [5.41, 5.74) is 0. The van der Waals surface area contributed by atoms with Crippen LogP contribution >= 0.6 is 0 Å². The fourth-order valence-electron chi connectivity index (χ4n) is 0. The molecule has 0 nitrogen and oxygen atoms in total. The molecule has 0 N–H and O–H groups in total. The van der Waals surface area contributed by atoms with Crippen molar-refractivity contribution in [3.8, 4) is 0 Å². The fourth-order valence-corrected chi connectivity index (χ4v) is 0. The van der Waals surface area contributed by atoms with E-state index in [4.69, 9.17) is 0 Å². The average molecular weight is 268 g/mol. The standard InChI is InChI=1S/C4H9.C3H6.C2H5.V.Y/c1-3-4-2;1-3-2;1-2;;/h1,3-4H2,2H3;1-3H2;1H2,2H3;;/q-1;-2;-1;+2;. The predicted molar refractivity (Wildman–Crippen MR) is 46.6 cm³/mol. The summed E-state index contributed by atoms with van der Waals surface area (Å²) in [7, 11) is 0. The zero-order valence-electron chi connectivity index (χ0n) is 7.97. The van der Waals surface area contributed by atoms with Gasteiger partial charge in [0, 0.05) is 32.7 Å². The Morgan fingerprint density at radius 2 is 1.09 bits per heavy atom. The van der Waals surface area contributed by atoms with Gasteiger partial charge in [0.25, 0.3) is 0 Å². The van der Waals surface area contributed by atoms with Gasteiger partial charge in [0.15, 0.2) is 0 Å². The second-order valence-corrected chi connectivity index (χ2v) is 1.21. The van der Waals surface area contributed by atoms with Crippen LogP contribution in [0.25, 0.3) is 0 Å². The molecule has 0 aromatic carbocycles. The molecular formula is C9H20VY-2. The first-order chi connectivity index (χ1) is 4.33. The predicted octanol–water partition coefficient (Wildman–Crippen LogP) is 3.50. The third-order valence-electron chi connectivity index (χ3n) is 0.354. The van der Waals surface area contributed by atoms with Crippen LogP contribution in [0, 0.1) is 27.7 Å². The van der Waals surface area contributed by atoms with Crippen molar-refractivity contribution in [1.82, 2.24) is 0 Å². The van der Waals surface area contributed by atoms with Gasteiger partial charge in [0.05, 0.1) is 0 Å². The van der Waals surface area contributed by atoms with E-state index in [0.717, 1.165) is 12.8 Å². The molecular weight excluding hydrogens is 248 g/mol. The normalized spacial score (nSPS) is 4.91. The van der Waals surface area contributed by atoms with Gasteiger partial charge in [-0.3, -0.25) is 0 Å². The van der Waals surface area contributed by atoms with Gasteiger partial charge in [-0.25, -0.2) is 0 Å². The molecule has 11 heavy (non-hydrogen) atoms. The number of hydrogen-bond donors (Lipinski definition) is 0. The topological polar surface area (TPSA) is 0 Å². The van der Waals surface area contributed by atoms with E-state index in [1.807, 2.05) is 0 Å². The molecule has 0 saturated heterocycles. The molecule has 0 bridgehead atoms. The van der Waals surface area contributed by atoms with Crippen LogP contribution in [0.15, 0.2) is 0 Å². The van der Waals surface area contributed by atoms with Gasteiger partial charge in [0.1, 0.15) is 0 Å². The van der Waals surface area contributed by atoms with Gasteiger partial charge in [-0.05, 0) is 0 Å². The van der Waals surface area contributed by atoms with Crippen molar-refractivity contribution in [1.29, 1.82) is 0 Å². The minimum atomic E-state index is 0. The Kier molecular flexibility index (Phi) is 162. The minimum absolute atomic E-state index is 0. The van der Waals surface area contributed by atoms with Crippen LogP contribution in [-0.4, -0.2) is 0 Å². The van der Waals surface area contributed by atoms with E-state index in [9.17, 15) is 0 Å². The molecule has 0 amide bonds. The first kappa shape index (κ1) is 29.3. The Morgan fingerprint density at radius 1 is 1.00 bits per heavy atom. The Hall–Kier alpha value is 1.69. The maximum absolute atomic E-state index is 3.60. The zero-order chi connectivity index (χ0) is 8.12. The number of hydrogen-bond acceptors (Lipinski definition) is 0. The van der Waals surface area contributed by atoms with Gasteiger partial charge < -0.3 is 34.1 Å². The SMILES string of the molecule is [CH2-]C.[CH2-]CCC.[CH2-]C[CH2-].[V+2].[Y]. The van der Waals surface area contributed by atoms with Crippen molar-refractivity contribution < 1.29 is 51.3 Å². The summed E-state index contributed by atoms with van der Waals surface area (Å²) in [6, 6.07) is 0. The van der Waals surface area contributed by atoms with Crippen molar-refractivity contribution in [3.05, 3.63) is 27.7 Å². The largest absolute Gasteiger partial charge is 2.00 e. The Labute approximate surface area is 111 Å². The van der Waals surface area contributed by atoms with Gasteiger partial charge in [0.2, 0.25) is 0 Å². The molecule has 0 atom stereocenters. The summed E-state index contributed by atoms with van der Waals surface area (Å²) in [6.07, 6.45) is 3.03. The van der Waals surface area contributed by atoms with E-state index < -0.39 is 0 Å². The van der Waals surface area contributed by atoms with E-state index >= 15 is 0 Å². The van der Waals surface area contributed by atoms with Crippen LogP contribution in [-0.2, 0) is 51.3 Å². The Bertz CT molecular complexity index is 17.0. The number of rotatable bonds is 1. The fraction of sp³-hybridized carbons (Fsp3) is 0.556. The van der Waals surface area contributed by atoms with Crippen molar-refractivity contribution in [2.75, 3.05) is 0 Å². The van der Waals surface area contributed by atoms with Crippen LogP contribution < -0.4 is 0 Å². The van der Waals surface area contributed by atoms with Crippen molar-refractivity contribution in [2.24, 2.45) is 0 Å².